The Balaban J connectivity index is 0.989. The number of fused-ring (bicyclic) bond motifs is 10. The van der Waals surface area contributed by atoms with E-state index in [0.717, 1.165) is 22.7 Å². The molecule has 2 heteroatoms. The first-order valence-corrected chi connectivity index (χ1v) is 21.8. The van der Waals surface area contributed by atoms with Crippen LogP contribution in [0.15, 0.2) is 182 Å². The Hall–Kier alpha value is -6.90. The minimum absolute atomic E-state index is 0.0316. The van der Waals surface area contributed by atoms with E-state index in [4.69, 9.17) is 0 Å². The van der Waals surface area contributed by atoms with Crippen LogP contribution in [0.25, 0.3) is 60.9 Å². The van der Waals surface area contributed by atoms with Crippen molar-refractivity contribution in [1.29, 1.82) is 0 Å². The van der Waals surface area contributed by atoms with Gasteiger partial charge in [0.2, 0.25) is 0 Å². The van der Waals surface area contributed by atoms with Gasteiger partial charge >= 0.3 is 0 Å². The van der Waals surface area contributed by atoms with Crippen molar-refractivity contribution in [3.8, 4) is 27.9 Å². The molecule has 0 unspecified atom stereocenters. The van der Waals surface area contributed by atoms with E-state index in [0.29, 0.717) is 0 Å². The van der Waals surface area contributed by atoms with Gasteiger partial charge in [0, 0.05) is 49.8 Å². The number of anilines is 3. The lowest BCUT2D eigenvalue weighted by atomic mass is 9.75. The highest BCUT2D eigenvalue weighted by Gasteiger charge is 2.49. The number of hydrogen-bond acceptors (Lipinski definition) is 1. The average Bonchev–Trinajstić information content (AvgIpc) is 3.91. The second-order valence-corrected chi connectivity index (χ2v) is 19.0. The molecule has 0 N–H and O–H groups in total. The molecule has 8 aromatic carbocycles. The Morgan fingerprint density at radius 2 is 0.852 bits per heavy atom. The zero-order valence-corrected chi connectivity index (χ0v) is 35.7. The standard InChI is InChI=1S/C59H48N2/c1-57(2)49-21-13-10-18-43(49)44-32-29-42(36-52(44)57)60(41-30-33-54-48(35-41)45-19-12-15-23-53(45)61(54)39-16-8-7-9-17-39)40-27-24-37(25-28-40)38-26-31-47-51(34-38)59(5,6)55-46-20-11-14-22-50(46)58(3,4)56(47)55/h7-36H,1-6H3. The molecule has 0 saturated heterocycles. The van der Waals surface area contributed by atoms with Gasteiger partial charge < -0.3 is 9.47 Å². The van der Waals surface area contributed by atoms with Crippen LogP contribution in [0.5, 0.6) is 0 Å². The van der Waals surface area contributed by atoms with Crippen molar-refractivity contribution < 1.29 is 0 Å². The summed E-state index contributed by atoms with van der Waals surface area (Å²) in [4.78, 5) is 2.46. The van der Waals surface area contributed by atoms with Gasteiger partial charge in [-0.3, -0.25) is 0 Å². The first-order valence-electron chi connectivity index (χ1n) is 21.8. The van der Waals surface area contributed by atoms with Crippen molar-refractivity contribution >= 4 is 50.0 Å². The van der Waals surface area contributed by atoms with Gasteiger partial charge in [0.05, 0.1) is 11.0 Å². The van der Waals surface area contributed by atoms with Gasteiger partial charge in [-0.1, -0.05) is 157 Å². The molecule has 294 valence electrons. The second kappa shape index (κ2) is 12.6. The van der Waals surface area contributed by atoms with Gasteiger partial charge in [-0.25, -0.2) is 0 Å². The Kier molecular flexibility index (Phi) is 7.41. The SMILES string of the molecule is CC1(C)C2=C(c3ccccc31)C(C)(C)c1cc(-c3ccc(N(c4ccc5c(c4)C(C)(C)c4ccccc4-5)c4ccc5c(c4)c4ccccc4n5-c4ccccc4)cc3)ccc12. The summed E-state index contributed by atoms with van der Waals surface area (Å²) in [6, 6.07) is 68.1. The molecule has 2 nitrogen and oxygen atoms in total. The highest BCUT2D eigenvalue weighted by molar-refractivity contribution is 6.11. The predicted octanol–water partition coefficient (Wildman–Crippen LogP) is 15.7. The van der Waals surface area contributed by atoms with Crippen molar-refractivity contribution in [2.75, 3.05) is 4.90 Å². The summed E-state index contributed by atoms with van der Waals surface area (Å²) in [6.45, 7) is 14.4. The van der Waals surface area contributed by atoms with Gasteiger partial charge in [-0.15, -0.1) is 0 Å². The van der Waals surface area contributed by atoms with Gasteiger partial charge in [-0.2, -0.15) is 0 Å². The largest absolute Gasteiger partial charge is 0.310 e. The Morgan fingerprint density at radius 1 is 0.344 bits per heavy atom. The highest BCUT2D eigenvalue weighted by Crippen LogP contribution is 2.62. The molecule has 3 aliphatic carbocycles. The lowest BCUT2D eigenvalue weighted by Crippen LogP contribution is -2.19. The first-order chi connectivity index (χ1) is 29.5. The maximum Gasteiger partial charge on any atom is 0.0542 e. The summed E-state index contributed by atoms with van der Waals surface area (Å²) in [5.41, 5.74) is 23.3. The van der Waals surface area contributed by atoms with Gasteiger partial charge in [0.25, 0.3) is 0 Å². The zero-order valence-electron chi connectivity index (χ0n) is 35.7. The van der Waals surface area contributed by atoms with Crippen LogP contribution in [0.1, 0.15) is 74.9 Å². The topological polar surface area (TPSA) is 8.17 Å². The minimum atomic E-state index is -0.113. The lowest BCUT2D eigenvalue weighted by molar-refractivity contribution is 0.660. The van der Waals surface area contributed by atoms with Crippen molar-refractivity contribution in [2.45, 2.75) is 57.8 Å². The van der Waals surface area contributed by atoms with Crippen LogP contribution in [-0.4, -0.2) is 4.57 Å². The highest BCUT2D eigenvalue weighted by atomic mass is 15.1. The van der Waals surface area contributed by atoms with Crippen LogP contribution in [-0.2, 0) is 16.2 Å². The molecule has 0 saturated carbocycles. The number of nitrogens with zero attached hydrogens (tertiary/aromatic N) is 2. The first kappa shape index (κ1) is 36.0. The average molecular weight is 785 g/mol. The monoisotopic (exact) mass is 784 g/mol. The maximum absolute atomic E-state index is 2.47. The van der Waals surface area contributed by atoms with Gasteiger partial charge in [0.1, 0.15) is 0 Å². The summed E-state index contributed by atoms with van der Waals surface area (Å²) in [6.07, 6.45) is 0. The number of hydrogen-bond donors (Lipinski definition) is 0. The third-order valence-electron chi connectivity index (χ3n) is 14.5. The molecule has 1 heterocycles. The van der Waals surface area contributed by atoms with E-state index in [1.807, 2.05) is 0 Å². The molecular weight excluding hydrogens is 737 g/mol. The molecule has 0 atom stereocenters. The van der Waals surface area contributed by atoms with E-state index in [1.54, 1.807) is 0 Å². The summed E-state index contributed by atoms with van der Waals surface area (Å²) < 4.78 is 2.39. The van der Waals surface area contributed by atoms with Crippen LogP contribution in [0.2, 0.25) is 0 Å². The van der Waals surface area contributed by atoms with E-state index in [1.165, 1.54) is 88.6 Å². The van der Waals surface area contributed by atoms with Crippen LogP contribution in [0, 0.1) is 0 Å². The molecular formula is C59H48N2. The Bertz CT molecular complexity index is 3320. The van der Waals surface area contributed by atoms with Crippen LogP contribution in [0.4, 0.5) is 17.1 Å². The fourth-order valence-electron chi connectivity index (χ4n) is 11.6. The predicted molar refractivity (Wildman–Crippen MR) is 258 cm³/mol. The summed E-state index contributed by atoms with van der Waals surface area (Å²) in [7, 11) is 0. The van der Waals surface area contributed by atoms with Gasteiger partial charge in [0.15, 0.2) is 0 Å². The number of aromatic nitrogens is 1. The molecule has 61 heavy (non-hydrogen) atoms. The summed E-state index contributed by atoms with van der Waals surface area (Å²) in [5.74, 6) is 0. The molecule has 1 aromatic heterocycles. The number of benzene rings is 8. The zero-order chi connectivity index (χ0) is 41.4. The Morgan fingerprint density at radius 3 is 1.62 bits per heavy atom. The molecule has 0 fully saturated rings. The van der Waals surface area contributed by atoms with Gasteiger partial charge in [-0.05, 0) is 134 Å². The van der Waals surface area contributed by atoms with Crippen molar-refractivity contribution in [3.63, 3.8) is 0 Å². The van der Waals surface area contributed by atoms with E-state index >= 15 is 0 Å². The number of allylic oxidation sites excluding steroid dienone is 2. The van der Waals surface area contributed by atoms with E-state index in [9.17, 15) is 0 Å². The van der Waals surface area contributed by atoms with Crippen molar-refractivity contribution in [3.05, 3.63) is 215 Å². The van der Waals surface area contributed by atoms with Crippen molar-refractivity contribution in [2.24, 2.45) is 0 Å². The number of para-hydroxylation sites is 2. The third-order valence-corrected chi connectivity index (χ3v) is 14.5. The molecule has 0 amide bonds. The van der Waals surface area contributed by atoms with Crippen LogP contribution in [0.3, 0.4) is 0 Å². The summed E-state index contributed by atoms with van der Waals surface area (Å²) >= 11 is 0. The van der Waals surface area contributed by atoms with E-state index in [2.05, 4.69) is 233 Å². The van der Waals surface area contributed by atoms with Crippen LogP contribution >= 0.6 is 0 Å². The lowest BCUT2D eigenvalue weighted by Gasteiger charge is -2.29. The second-order valence-electron chi connectivity index (χ2n) is 19.0. The molecule has 0 radical (unpaired) electrons. The number of rotatable bonds is 5. The quantitative estimate of drug-likeness (QED) is 0.169. The fraction of sp³-hybridized carbons (Fsp3) is 0.153. The minimum Gasteiger partial charge on any atom is -0.310 e. The van der Waals surface area contributed by atoms with Crippen molar-refractivity contribution in [1.82, 2.24) is 4.57 Å². The molecule has 0 bridgehead atoms. The third kappa shape index (κ3) is 4.97. The fourth-order valence-corrected chi connectivity index (χ4v) is 11.6. The molecule has 0 spiro atoms. The smallest absolute Gasteiger partial charge is 0.0542 e. The van der Waals surface area contributed by atoms with Crippen LogP contribution < -0.4 is 4.90 Å². The summed E-state index contributed by atoms with van der Waals surface area (Å²) in [5, 5.41) is 2.48. The van der Waals surface area contributed by atoms with E-state index < -0.39 is 0 Å². The normalized spacial score (nSPS) is 16.0. The molecule has 9 aromatic rings. The molecule has 12 rings (SSSR count). The molecule has 3 aliphatic rings. The molecule has 0 aliphatic heterocycles. The Labute approximate surface area is 359 Å². The maximum atomic E-state index is 2.47. The van der Waals surface area contributed by atoms with E-state index in [-0.39, 0.29) is 16.2 Å².